The molecule has 0 N–H and O–H groups in total. The van der Waals surface area contributed by atoms with E-state index in [0.29, 0.717) is 17.9 Å². The number of aryl methyl sites for hydroxylation is 1. The van der Waals surface area contributed by atoms with Gasteiger partial charge in [-0.15, -0.1) is 16.7 Å². The third kappa shape index (κ3) is 3.23. The van der Waals surface area contributed by atoms with Gasteiger partial charge in [-0.3, -0.25) is 0 Å². The van der Waals surface area contributed by atoms with Crippen molar-refractivity contribution in [2.24, 2.45) is 0 Å². The number of rotatable bonds is 4. The summed E-state index contributed by atoms with van der Waals surface area (Å²) in [6.45, 7) is 0.282. The molecular weight excluding hydrogens is 248 g/mol. The number of nitrogens with zero attached hydrogens (tertiary/aromatic N) is 3. The van der Waals surface area contributed by atoms with Crippen molar-refractivity contribution < 1.29 is 8.78 Å². The van der Waals surface area contributed by atoms with E-state index in [1.807, 2.05) is 0 Å². The Morgan fingerprint density at radius 1 is 1.18 bits per heavy atom. The zero-order chi connectivity index (χ0) is 12.3. The lowest BCUT2D eigenvalue weighted by Crippen LogP contribution is -2.01. The molecule has 0 aliphatic carbocycles. The summed E-state index contributed by atoms with van der Waals surface area (Å²) in [6, 6.07) is 3.38. The highest BCUT2D eigenvalue weighted by Crippen LogP contribution is 2.09. The Bertz CT molecular complexity index is 493. The van der Waals surface area contributed by atoms with Crippen LogP contribution < -0.4 is 0 Å². The predicted molar refractivity (Wildman–Crippen MR) is 59.9 cm³/mol. The average molecular weight is 258 g/mol. The van der Waals surface area contributed by atoms with Crippen molar-refractivity contribution in [2.75, 3.05) is 5.88 Å². The quantitative estimate of drug-likeness (QED) is 0.788. The maximum atomic E-state index is 13.0. The van der Waals surface area contributed by atoms with Crippen LogP contribution in [0, 0.1) is 11.6 Å². The standard InChI is InChI=1S/C11H10ClF2N3/c12-2-1-11-7-17(16-15-11)6-8-3-9(13)5-10(14)4-8/h3-5,7H,1-2,6H2. The molecule has 0 unspecified atom stereocenters. The summed E-state index contributed by atoms with van der Waals surface area (Å²) in [4.78, 5) is 0. The molecule has 90 valence electrons. The summed E-state index contributed by atoms with van der Waals surface area (Å²) >= 11 is 5.57. The topological polar surface area (TPSA) is 30.7 Å². The molecule has 0 aliphatic heterocycles. The van der Waals surface area contributed by atoms with Gasteiger partial charge >= 0.3 is 0 Å². The van der Waals surface area contributed by atoms with Crippen LogP contribution in [-0.2, 0) is 13.0 Å². The van der Waals surface area contributed by atoms with E-state index in [9.17, 15) is 8.78 Å². The van der Waals surface area contributed by atoms with Gasteiger partial charge in [0.15, 0.2) is 0 Å². The smallest absolute Gasteiger partial charge is 0.126 e. The highest BCUT2D eigenvalue weighted by atomic mass is 35.5. The van der Waals surface area contributed by atoms with Gasteiger partial charge in [-0.05, 0) is 17.7 Å². The molecule has 1 aromatic heterocycles. The lowest BCUT2D eigenvalue weighted by atomic mass is 10.2. The third-order valence-corrected chi connectivity index (χ3v) is 2.39. The summed E-state index contributed by atoms with van der Waals surface area (Å²) in [6.07, 6.45) is 2.34. The summed E-state index contributed by atoms with van der Waals surface area (Å²) < 4.78 is 27.4. The molecule has 0 aliphatic rings. The fraction of sp³-hybridized carbons (Fsp3) is 0.273. The molecule has 0 amide bonds. The van der Waals surface area contributed by atoms with Gasteiger partial charge in [-0.25, -0.2) is 13.5 Å². The second-order valence-corrected chi connectivity index (χ2v) is 4.00. The molecule has 0 fully saturated rings. The van der Waals surface area contributed by atoms with Crippen LogP contribution in [0.15, 0.2) is 24.4 Å². The van der Waals surface area contributed by atoms with E-state index < -0.39 is 11.6 Å². The van der Waals surface area contributed by atoms with E-state index in [2.05, 4.69) is 10.3 Å². The van der Waals surface area contributed by atoms with Crippen LogP contribution in [0.2, 0.25) is 0 Å². The minimum absolute atomic E-state index is 0.282. The van der Waals surface area contributed by atoms with Crippen molar-refractivity contribution in [1.29, 1.82) is 0 Å². The van der Waals surface area contributed by atoms with Crippen LogP contribution in [0.3, 0.4) is 0 Å². The van der Waals surface area contributed by atoms with Gasteiger partial charge in [0.05, 0.1) is 12.2 Å². The van der Waals surface area contributed by atoms with E-state index in [-0.39, 0.29) is 6.54 Å². The molecule has 1 aromatic carbocycles. The molecule has 2 rings (SSSR count). The highest BCUT2D eigenvalue weighted by Gasteiger charge is 2.04. The van der Waals surface area contributed by atoms with E-state index in [1.165, 1.54) is 16.8 Å². The van der Waals surface area contributed by atoms with Crippen molar-refractivity contribution in [2.45, 2.75) is 13.0 Å². The average Bonchev–Trinajstić information content (AvgIpc) is 2.64. The lowest BCUT2D eigenvalue weighted by Gasteiger charge is -2.01. The molecule has 6 heteroatoms. The molecule has 0 saturated carbocycles. The largest absolute Gasteiger partial charge is 0.248 e. The Balaban J connectivity index is 2.13. The summed E-state index contributed by atoms with van der Waals surface area (Å²) in [5.41, 5.74) is 1.27. The van der Waals surface area contributed by atoms with E-state index in [4.69, 9.17) is 11.6 Å². The Labute approximate surface area is 102 Å². The molecule has 0 atom stereocenters. The van der Waals surface area contributed by atoms with E-state index >= 15 is 0 Å². The van der Waals surface area contributed by atoms with Gasteiger partial charge < -0.3 is 0 Å². The molecule has 0 bridgehead atoms. The van der Waals surface area contributed by atoms with Crippen molar-refractivity contribution >= 4 is 11.6 Å². The normalized spacial score (nSPS) is 10.8. The lowest BCUT2D eigenvalue weighted by molar-refractivity contribution is 0.572. The number of benzene rings is 1. The van der Waals surface area contributed by atoms with Crippen LogP contribution in [-0.4, -0.2) is 20.9 Å². The van der Waals surface area contributed by atoms with Crippen LogP contribution in [0.1, 0.15) is 11.3 Å². The van der Waals surface area contributed by atoms with Gasteiger partial charge in [-0.2, -0.15) is 0 Å². The van der Waals surface area contributed by atoms with Gasteiger partial charge in [0.1, 0.15) is 11.6 Å². The number of alkyl halides is 1. The first-order valence-electron chi connectivity index (χ1n) is 5.07. The van der Waals surface area contributed by atoms with E-state index in [1.54, 1.807) is 6.20 Å². The molecule has 0 saturated heterocycles. The minimum atomic E-state index is -0.596. The first kappa shape index (κ1) is 12.0. The highest BCUT2D eigenvalue weighted by molar-refractivity contribution is 6.17. The Morgan fingerprint density at radius 3 is 2.53 bits per heavy atom. The maximum Gasteiger partial charge on any atom is 0.126 e. The maximum absolute atomic E-state index is 13.0. The second-order valence-electron chi connectivity index (χ2n) is 3.62. The number of aromatic nitrogens is 3. The summed E-state index contributed by atoms with van der Waals surface area (Å²) in [5.74, 6) is -0.727. The zero-order valence-electron chi connectivity index (χ0n) is 8.91. The fourth-order valence-corrected chi connectivity index (χ4v) is 1.71. The van der Waals surface area contributed by atoms with Crippen molar-refractivity contribution in [3.05, 3.63) is 47.3 Å². The molecule has 0 spiro atoms. The van der Waals surface area contributed by atoms with Gasteiger partial charge in [0.25, 0.3) is 0 Å². The molecule has 0 radical (unpaired) electrons. The molecule has 1 heterocycles. The SMILES string of the molecule is Fc1cc(F)cc(Cn2cc(CCCl)nn2)c1. The Kier molecular flexibility index (Phi) is 3.68. The molecule has 2 aromatic rings. The van der Waals surface area contributed by atoms with Crippen LogP contribution in [0.5, 0.6) is 0 Å². The van der Waals surface area contributed by atoms with Crippen LogP contribution >= 0.6 is 11.6 Å². The van der Waals surface area contributed by atoms with Crippen molar-refractivity contribution in [3.8, 4) is 0 Å². The Hall–Kier alpha value is -1.49. The first-order chi connectivity index (χ1) is 8.17. The number of hydrogen-bond acceptors (Lipinski definition) is 2. The van der Waals surface area contributed by atoms with Crippen molar-refractivity contribution in [1.82, 2.24) is 15.0 Å². The van der Waals surface area contributed by atoms with Gasteiger partial charge in [-0.1, -0.05) is 5.21 Å². The van der Waals surface area contributed by atoms with E-state index in [0.717, 1.165) is 11.8 Å². The number of halogens is 3. The fourth-order valence-electron chi connectivity index (χ4n) is 1.52. The molecular formula is C11H10ClF2N3. The summed E-state index contributed by atoms with van der Waals surface area (Å²) in [5, 5.41) is 7.74. The molecule has 3 nitrogen and oxygen atoms in total. The van der Waals surface area contributed by atoms with Crippen molar-refractivity contribution in [3.63, 3.8) is 0 Å². The zero-order valence-corrected chi connectivity index (χ0v) is 9.66. The monoisotopic (exact) mass is 257 g/mol. The third-order valence-electron chi connectivity index (χ3n) is 2.20. The Morgan fingerprint density at radius 2 is 1.88 bits per heavy atom. The predicted octanol–water partition coefficient (Wildman–Crippen LogP) is 2.39. The van der Waals surface area contributed by atoms with Crippen LogP contribution in [0.25, 0.3) is 0 Å². The molecule has 17 heavy (non-hydrogen) atoms. The number of hydrogen-bond donors (Lipinski definition) is 0. The first-order valence-corrected chi connectivity index (χ1v) is 5.61. The van der Waals surface area contributed by atoms with Gasteiger partial charge in [0.2, 0.25) is 0 Å². The minimum Gasteiger partial charge on any atom is -0.248 e. The summed E-state index contributed by atoms with van der Waals surface area (Å²) in [7, 11) is 0. The van der Waals surface area contributed by atoms with Gasteiger partial charge in [0, 0.05) is 24.6 Å². The van der Waals surface area contributed by atoms with Crippen LogP contribution in [0.4, 0.5) is 8.78 Å². The second kappa shape index (κ2) is 5.23.